The summed E-state index contributed by atoms with van der Waals surface area (Å²) in [5, 5.41) is 2.36. The summed E-state index contributed by atoms with van der Waals surface area (Å²) in [6.45, 7) is 3.62. The third kappa shape index (κ3) is 5.15. The second-order valence-corrected chi connectivity index (χ2v) is 9.07. The van der Waals surface area contributed by atoms with Crippen LogP contribution in [0, 0.1) is 5.92 Å². The fourth-order valence-electron chi connectivity index (χ4n) is 4.56. The Morgan fingerprint density at radius 1 is 1.36 bits per heavy atom. The Kier molecular flexibility index (Phi) is 6.94. The molecule has 0 aliphatic carbocycles. The molecule has 1 saturated heterocycles. The molecule has 0 radical (unpaired) electrons. The number of halogens is 3. The van der Waals surface area contributed by atoms with E-state index >= 15 is 0 Å². The maximum absolute atomic E-state index is 13.2. The summed E-state index contributed by atoms with van der Waals surface area (Å²) in [7, 11) is 4.40. The Morgan fingerprint density at radius 2 is 2.11 bits per heavy atom. The molecule has 0 bridgehead atoms. The SMILES string of the molecule is COCc1cc2nc(N3CCC(N(C)C(=O)Nc4cc(C(F)(F)F)cn(C)c4=O)C(C)C3)cnc2[nH]1. The van der Waals surface area contributed by atoms with Crippen LogP contribution in [0.15, 0.2) is 29.3 Å². The number of nitrogens with one attached hydrogen (secondary N) is 2. The Bertz CT molecular complexity index is 1320. The second kappa shape index (κ2) is 9.80. The highest BCUT2D eigenvalue weighted by atomic mass is 19.4. The number of H-pyrrole nitrogens is 1. The number of nitrogens with zero attached hydrogens (tertiary/aromatic N) is 5. The van der Waals surface area contributed by atoms with Gasteiger partial charge in [-0.15, -0.1) is 0 Å². The van der Waals surface area contributed by atoms with Crippen molar-refractivity contribution in [2.24, 2.45) is 13.0 Å². The predicted molar refractivity (Wildman–Crippen MR) is 128 cm³/mol. The van der Waals surface area contributed by atoms with Crippen molar-refractivity contribution in [3.8, 4) is 0 Å². The second-order valence-electron chi connectivity index (χ2n) is 9.07. The molecule has 0 aromatic carbocycles. The van der Waals surface area contributed by atoms with Crippen molar-refractivity contribution < 1.29 is 22.7 Å². The van der Waals surface area contributed by atoms with Crippen LogP contribution >= 0.6 is 0 Å². The molecule has 1 fully saturated rings. The average Bonchev–Trinajstić information content (AvgIpc) is 3.22. The Labute approximate surface area is 205 Å². The van der Waals surface area contributed by atoms with Gasteiger partial charge in [0.2, 0.25) is 0 Å². The summed E-state index contributed by atoms with van der Waals surface area (Å²) < 4.78 is 45.4. The van der Waals surface area contributed by atoms with Gasteiger partial charge in [-0.1, -0.05) is 6.92 Å². The molecule has 2 unspecified atom stereocenters. The summed E-state index contributed by atoms with van der Waals surface area (Å²) in [5.41, 5.74) is 0.121. The zero-order valence-electron chi connectivity index (χ0n) is 20.4. The van der Waals surface area contributed by atoms with E-state index in [0.717, 1.165) is 21.6 Å². The fourth-order valence-corrected chi connectivity index (χ4v) is 4.56. The van der Waals surface area contributed by atoms with Gasteiger partial charge < -0.3 is 29.4 Å². The molecule has 3 aromatic heterocycles. The number of carbonyl (C=O) groups is 1. The molecule has 10 nitrogen and oxygen atoms in total. The first kappa shape index (κ1) is 25.5. The number of urea groups is 1. The molecule has 0 spiro atoms. The number of aryl methyl sites for hydroxylation is 1. The van der Waals surface area contributed by atoms with Gasteiger partial charge in [0.25, 0.3) is 5.56 Å². The van der Waals surface area contributed by atoms with Crippen LogP contribution < -0.4 is 15.8 Å². The van der Waals surface area contributed by atoms with Crippen LogP contribution in [0.2, 0.25) is 0 Å². The number of piperidine rings is 1. The minimum atomic E-state index is -4.64. The number of amides is 2. The number of carbonyl (C=O) groups excluding carboxylic acids is 1. The van der Waals surface area contributed by atoms with Gasteiger partial charge in [0.1, 0.15) is 17.0 Å². The summed E-state index contributed by atoms with van der Waals surface area (Å²) in [4.78, 5) is 41.0. The number of ether oxygens (including phenoxy) is 1. The van der Waals surface area contributed by atoms with E-state index in [9.17, 15) is 22.8 Å². The van der Waals surface area contributed by atoms with E-state index in [1.807, 2.05) is 13.0 Å². The molecule has 194 valence electrons. The van der Waals surface area contributed by atoms with Gasteiger partial charge in [0.15, 0.2) is 5.65 Å². The topological polar surface area (TPSA) is 108 Å². The minimum Gasteiger partial charge on any atom is -0.378 e. The lowest BCUT2D eigenvalue weighted by molar-refractivity contribution is -0.138. The van der Waals surface area contributed by atoms with Crippen LogP contribution in [0.1, 0.15) is 24.6 Å². The lowest BCUT2D eigenvalue weighted by Gasteiger charge is -2.41. The minimum absolute atomic E-state index is 0.0200. The first-order chi connectivity index (χ1) is 17.0. The first-order valence-corrected chi connectivity index (χ1v) is 11.4. The summed E-state index contributed by atoms with van der Waals surface area (Å²) >= 11 is 0. The van der Waals surface area contributed by atoms with Crippen molar-refractivity contribution >= 4 is 28.7 Å². The zero-order valence-corrected chi connectivity index (χ0v) is 20.4. The van der Waals surface area contributed by atoms with Crippen LogP contribution in [0.25, 0.3) is 11.2 Å². The van der Waals surface area contributed by atoms with Crippen LogP contribution in [-0.4, -0.2) is 63.7 Å². The molecule has 2 N–H and O–H groups in total. The third-order valence-corrected chi connectivity index (χ3v) is 6.43. The zero-order chi connectivity index (χ0) is 26.2. The molecule has 36 heavy (non-hydrogen) atoms. The number of alkyl halides is 3. The molecule has 4 rings (SSSR count). The largest absolute Gasteiger partial charge is 0.417 e. The van der Waals surface area contributed by atoms with Crippen molar-refractivity contribution in [2.45, 2.75) is 32.2 Å². The van der Waals surface area contributed by atoms with E-state index < -0.39 is 29.0 Å². The van der Waals surface area contributed by atoms with Crippen molar-refractivity contribution in [3.63, 3.8) is 0 Å². The molecular weight excluding hydrogens is 479 g/mol. The van der Waals surface area contributed by atoms with Gasteiger partial charge in [-0.05, 0) is 24.5 Å². The van der Waals surface area contributed by atoms with Gasteiger partial charge in [0, 0.05) is 52.2 Å². The van der Waals surface area contributed by atoms with Gasteiger partial charge in [-0.3, -0.25) is 4.79 Å². The number of methoxy groups -OCH3 is 1. The van der Waals surface area contributed by atoms with Crippen LogP contribution in [-0.2, 0) is 24.6 Å². The van der Waals surface area contributed by atoms with Crippen molar-refractivity contribution in [2.75, 3.05) is 37.5 Å². The van der Waals surface area contributed by atoms with Crippen molar-refractivity contribution in [3.05, 3.63) is 46.1 Å². The van der Waals surface area contributed by atoms with Crippen LogP contribution in [0.5, 0.6) is 0 Å². The number of rotatable bonds is 5. The molecule has 3 aromatic rings. The maximum atomic E-state index is 13.2. The highest BCUT2D eigenvalue weighted by Gasteiger charge is 2.34. The molecule has 1 aliphatic heterocycles. The first-order valence-electron chi connectivity index (χ1n) is 11.4. The molecule has 4 heterocycles. The lowest BCUT2D eigenvalue weighted by atomic mass is 9.93. The molecule has 2 atom stereocenters. The van der Waals surface area contributed by atoms with Crippen LogP contribution in [0.4, 0.5) is 29.5 Å². The van der Waals surface area contributed by atoms with E-state index in [1.165, 1.54) is 11.9 Å². The average molecular weight is 508 g/mol. The summed E-state index contributed by atoms with van der Waals surface area (Å²) in [6, 6.07) is 1.72. The van der Waals surface area contributed by atoms with E-state index in [2.05, 4.69) is 20.2 Å². The number of pyridine rings is 1. The number of fused-ring (bicyclic) bond motifs is 1. The number of aromatic amines is 1. The van der Waals surface area contributed by atoms with Gasteiger partial charge in [-0.2, -0.15) is 13.2 Å². The molecule has 13 heteroatoms. The van der Waals surface area contributed by atoms with E-state index in [-0.39, 0.29) is 12.0 Å². The standard InChI is InChI=1S/C23H28F3N7O3/c1-13-10-33(19-9-27-20-16(29-19)8-15(28-20)12-36-4)6-5-18(13)32(3)22(35)30-17-7-14(23(24,25)26)11-31(2)21(17)34/h7-9,11,13,18H,5-6,10,12H2,1-4H3,(H,27,28)(H,30,35). The molecule has 2 amide bonds. The quantitative estimate of drug-likeness (QED) is 0.549. The number of hydrogen-bond donors (Lipinski definition) is 2. The summed E-state index contributed by atoms with van der Waals surface area (Å²) in [6.07, 6.45) is -1.64. The van der Waals surface area contributed by atoms with Crippen molar-refractivity contribution in [1.29, 1.82) is 0 Å². The fraction of sp³-hybridized carbons (Fsp3) is 0.478. The van der Waals surface area contributed by atoms with Gasteiger partial charge >= 0.3 is 12.2 Å². The van der Waals surface area contributed by atoms with E-state index in [1.54, 1.807) is 20.4 Å². The van der Waals surface area contributed by atoms with Crippen molar-refractivity contribution in [1.82, 2.24) is 24.4 Å². The Balaban J connectivity index is 1.44. The predicted octanol–water partition coefficient (Wildman–Crippen LogP) is 3.20. The number of anilines is 2. The lowest BCUT2D eigenvalue weighted by Crippen LogP contribution is -2.52. The maximum Gasteiger partial charge on any atom is 0.417 e. The third-order valence-electron chi connectivity index (χ3n) is 6.43. The highest BCUT2D eigenvalue weighted by molar-refractivity contribution is 5.89. The Hall–Kier alpha value is -3.61. The van der Waals surface area contributed by atoms with E-state index in [0.29, 0.717) is 44.0 Å². The highest BCUT2D eigenvalue weighted by Crippen LogP contribution is 2.30. The monoisotopic (exact) mass is 507 g/mol. The van der Waals surface area contributed by atoms with Gasteiger partial charge in [0.05, 0.1) is 18.4 Å². The van der Waals surface area contributed by atoms with Crippen LogP contribution in [0.3, 0.4) is 0 Å². The number of aromatic nitrogens is 4. The summed E-state index contributed by atoms with van der Waals surface area (Å²) in [5.74, 6) is 0.738. The van der Waals surface area contributed by atoms with E-state index in [4.69, 9.17) is 9.72 Å². The molecule has 1 aliphatic rings. The smallest absolute Gasteiger partial charge is 0.378 e. The Morgan fingerprint density at radius 3 is 2.78 bits per heavy atom. The van der Waals surface area contributed by atoms with Gasteiger partial charge in [-0.25, -0.2) is 14.8 Å². The molecule has 0 saturated carbocycles. The molecular formula is C23H28F3N7O3. The number of hydrogen-bond acceptors (Lipinski definition) is 6. The normalized spacial score (nSPS) is 18.5.